The van der Waals surface area contributed by atoms with Crippen LogP contribution in [0.5, 0.6) is 0 Å². The van der Waals surface area contributed by atoms with Gasteiger partial charge >= 0.3 is 6.09 Å². The van der Waals surface area contributed by atoms with E-state index in [1.807, 2.05) is 39.8 Å². The summed E-state index contributed by atoms with van der Waals surface area (Å²) >= 11 is 5.13. The highest BCUT2D eigenvalue weighted by molar-refractivity contribution is 7.80. The molecule has 1 amide bonds. The van der Waals surface area contributed by atoms with E-state index in [1.54, 1.807) is 11.2 Å². The molecule has 0 aromatic heterocycles. The Balaban J connectivity index is 2.47. The molecule has 1 aliphatic rings. The highest BCUT2D eigenvalue weighted by Gasteiger charge is 2.31. The zero-order chi connectivity index (χ0) is 16.0. The molecule has 1 N–H and O–H groups in total. The number of nitrogens with zero attached hydrogens (tertiary/aromatic N) is 3. The second-order valence-corrected chi connectivity index (χ2v) is 6.75. The standard InChI is InChI=1S/C14H26N4O2S/c1-14(2,3)20-13(19)18-8-6-7-11(18)9-15-12(21)16-10-17(4)5/h10-11H,6-9H2,1-5H3,(H,15,21)/b16-10+. The molecule has 0 spiro atoms. The molecule has 6 nitrogen and oxygen atoms in total. The second kappa shape index (κ2) is 7.59. The minimum atomic E-state index is -0.469. The maximum atomic E-state index is 12.1. The average Bonchev–Trinajstić information content (AvgIpc) is 2.80. The van der Waals surface area contributed by atoms with Gasteiger partial charge in [0.1, 0.15) is 5.60 Å². The van der Waals surface area contributed by atoms with E-state index >= 15 is 0 Å². The maximum Gasteiger partial charge on any atom is 0.410 e. The molecular formula is C14H26N4O2S. The summed E-state index contributed by atoms with van der Waals surface area (Å²) in [4.78, 5) is 19.8. The number of carbonyl (C=O) groups is 1. The predicted molar refractivity (Wildman–Crippen MR) is 88.7 cm³/mol. The van der Waals surface area contributed by atoms with Crippen molar-refractivity contribution in [3.63, 3.8) is 0 Å². The normalized spacial score (nSPS) is 18.9. The van der Waals surface area contributed by atoms with E-state index in [-0.39, 0.29) is 12.1 Å². The van der Waals surface area contributed by atoms with E-state index in [4.69, 9.17) is 17.0 Å². The summed E-state index contributed by atoms with van der Waals surface area (Å²) < 4.78 is 5.43. The summed E-state index contributed by atoms with van der Waals surface area (Å²) in [7, 11) is 3.76. The molecule has 21 heavy (non-hydrogen) atoms. The van der Waals surface area contributed by atoms with Gasteiger partial charge in [-0.2, -0.15) is 0 Å². The molecule has 1 heterocycles. The lowest BCUT2D eigenvalue weighted by Gasteiger charge is -2.28. The van der Waals surface area contributed by atoms with Gasteiger partial charge in [0.2, 0.25) is 0 Å². The van der Waals surface area contributed by atoms with E-state index in [1.165, 1.54) is 0 Å². The summed E-state index contributed by atoms with van der Waals surface area (Å²) in [6.45, 7) is 6.95. The highest BCUT2D eigenvalue weighted by atomic mass is 32.1. The van der Waals surface area contributed by atoms with E-state index in [2.05, 4.69) is 10.3 Å². The third-order valence-corrected chi connectivity index (χ3v) is 3.15. The van der Waals surface area contributed by atoms with Crippen LogP contribution in [0.15, 0.2) is 4.99 Å². The fourth-order valence-corrected chi connectivity index (χ4v) is 2.16. The molecule has 1 atom stereocenters. The Hall–Kier alpha value is -1.37. The molecular weight excluding hydrogens is 288 g/mol. The van der Waals surface area contributed by atoms with Crippen LogP contribution in [0, 0.1) is 0 Å². The smallest absolute Gasteiger partial charge is 0.410 e. The number of likely N-dealkylation sites (tertiary alicyclic amines) is 1. The minimum absolute atomic E-state index is 0.104. The summed E-state index contributed by atoms with van der Waals surface area (Å²) in [5.41, 5.74) is -0.469. The first kappa shape index (κ1) is 17.7. The molecule has 0 aromatic carbocycles. The molecule has 1 fully saturated rings. The molecule has 0 aliphatic carbocycles. The SMILES string of the molecule is CN(C)/C=N/C(=S)NCC1CCCN1C(=O)OC(C)(C)C. The molecule has 0 radical (unpaired) electrons. The van der Waals surface area contributed by atoms with Crippen molar-refractivity contribution in [1.29, 1.82) is 0 Å². The number of rotatable bonds is 3. The molecule has 7 heteroatoms. The van der Waals surface area contributed by atoms with Crippen molar-refractivity contribution in [2.24, 2.45) is 4.99 Å². The van der Waals surface area contributed by atoms with Crippen molar-refractivity contribution in [1.82, 2.24) is 15.1 Å². The van der Waals surface area contributed by atoms with Crippen molar-refractivity contribution in [3.05, 3.63) is 0 Å². The zero-order valence-electron chi connectivity index (χ0n) is 13.5. The highest BCUT2D eigenvalue weighted by Crippen LogP contribution is 2.20. The number of amides is 1. The number of thiocarbonyl (C=S) groups is 1. The van der Waals surface area contributed by atoms with Crippen LogP contribution in [0.2, 0.25) is 0 Å². The van der Waals surface area contributed by atoms with Crippen molar-refractivity contribution < 1.29 is 9.53 Å². The van der Waals surface area contributed by atoms with Crippen LogP contribution < -0.4 is 5.32 Å². The van der Waals surface area contributed by atoms with E-state index in [9.17, 15) is 4.79 Å². The van der Waals surface area contributed by atoms with Gasteiger partial charge in [0.25, 0.3) is 0 Å². The Morgan fingerprint density at radius 3 is 2.76 bits per heavy atom. The van der Waals surface area contributed by atoms with Gasteiger partial charge in [0.15, 0.2) is 5.11 Å². The van der Waals surface area contributed by atoms with Gasteiger partial charge in [-0.25, -0.2) is 9.79 Å². The maximum absolute atomic E-state index is 12.1. The lowest BCUT2D eigenvalue weighted by atomic mass is 10.2. The van der Waals surface area contributed by atoms with E-state index in [0.717, 1.165) is 19.4 Å². The van der Waals surface area contributed by atoms with Gasteiger partial charge in [0.05, 0.1) is 12.4 Å². The molecule has 1 rings (SSSR count). The second-order valence-electron chi connectivity index (χ2n) is 6.36. The third kappa shape index (κ3) is 6.75. The minimum Gasteiger partial charge on any atom is -0.444 e. The number of aliphatic imine (C=N–C) groups is 1. The van der Waals surface area contributed by atoms with E-state index in [0.29, 0.717) is 11.7 Å². The van der Waals surface area contributed by atoms with Crippen LogP contribution in [0.3, 0.4) is 0 Å². The number of hydrogen-bond donors (Lipinski definition) is 1. The number of carbonyl (C=O) groups excluding carboxylic acids is 1. The molecule has 0 aromatic rings. The van der Waals surface area contributed by atoms with Gasteiger partial charge in [0, 0.05) is 27.2 Å². The molecule has 0 saturated carbocycles. The predicted octanol–water partition coefficient (Wildman–Crippen LogP) is 1.85. The van der Waals surface area contributed by atoms with Crippen molar-refractivity contribution in [2.45, 2.75) is 45.3 Å². The quantitative estimate of drug-likeness (QED) is 0.489. The van der Waals surface area contributed by atoms with E-state index < -0.39 is 5.60 Å². The van der Waals surface area contributed by atoms with Crippen LogP contribution in [-0.2, 0) is 4.74 Å². The molecule has 120 valence electrons. The number of hydrogen-bond acceptors (Lipinski definition) is 3. The van der Waals surface area contributed by atoms with Gasteiger partial charge in [-0.1, -0.05) is 0 Å². The monoisotopic (exact) mass is 314 g/mol. The van der Waals surface area contributed by atoms with Crippen molar-refractivity contribution >= 4 is 29.8 Å². The average molecular weight is 314 g/mol. The Labute approximate surface area is 132 Å². The van der Waals surface area contributed by atoms with Gasteiger partial charge in [-0.15, -0.1) is 0 Å². The first-order valence-electron chi connectivity index (χ1n) is 7.17. The molecule has 0 bridgehead atoms. The first-order valence-corrected chi connectivity index (χ1v) is 7.58. The van der Waals surface area contributed by atoms with Crippen molar-refractivity contribution in [2.75, 3.05) is 27.2 Å². The lowest BCUT2D eigenvalue weighted by Crippen LogP contribution is -2.44. The topological polar surface area (TPSA) is 57.2 Å². The molecule has 1 saturated heterocycles. The van der Waals surface area contributed by atoms with Crippen LogP contribution in [0.1, 0.15) is 33.6 Å². The van der Waals surface area contributed by atoms with Crippen LogP contribution >= 0.6 is 12.2 Å². The van der Waals surface area contributed by atoms with Crippen molar-refractivity contribution in [3.8, 4) is 0 Å². The van der Waals surface area contributed by atoms with Gasteiger partial charge in [-0.05, 0) is 45.8 Å². The summed E-state index contributed by atoms with van der Waals surface area (Å²) in [6, 6.07) is 0.104. The summed E-state index contributed by atoms with van der Waals surface area (Å²) in [6.07, 6.45) is 3.33. The van der Waals surface area contributed by atoms with Gasteiger partial charge in [-0.3, -0.25) is 0 Å². The molecule has 1 unspecified atom stereocenters. The Kier molecular flexibility index (Phi) is 6.39. The molecule has 1 aliphatic heterocycles. The fourth-order valence-electron chi connectivity index (χ4n) is 2.03. The largest absolute Gasteiger partial charge is 0.444 e. The van der Waals surface area contributed by atoms with Gasteiger partial charge < -0.3 is 19.9 Å². The van der Waals surface area contributed by atoms with Crippen LogP contribution in [0.4, 0.5) is 4.79 Å². The Morgan fingerprint density at radius 1 is 1.52 bits per heavy atom. The fraction of sp³-hybridized carbons (Fsp3) is 0.786. The Morgan fingerprint density at radius 2 is 2.19 bits per heavy atom. The zero-order valence-corrected chi connectivity index (χ0v) is 14.4. The number of nitrogens with one attached hydrogen (secondary N) is 1. The van der Waals surface area contributed by atoms with Crippen LogP contribution in [0.25, 0.3) is 0 Å². The third-order valence-electron chi connectivity index (χ3n) is 2.90. The lowest BCUT2D eigenvalue weighted by molar-refractivity contribution is 0.0229. The number of ether oxygens (including phenoxy) is 1. The first-order chi connectivity index (χ1) is 9.69. The summed E-state index contributed by atoms with van der Waals surface area (Å²) in [5.74, 6) is 0. The van der Waals surface area contributed by atoms with Crippen LogP contribution in [-0.4, -0.2) is 66.2 Å². The Bertz CT molecular complexity index is 404. The summed E-state index contributed by atoms with van der Waals surface area (Å²) in [5, 5.41) is 3.52.